The van der Waals surface area contributed by atoms with Gasteiger partial charge in [0.05, 0.1) is 0 Å². The third-order valence-electron chi connectivity index (χ3n) is 5.25. The number of pyridine rings is 1. The van der Waals surface area contributed by atoms with Crippen molar-refractivity contribution in [1.82, 2.24) is 0 Å². The molecule has 0 bridgehead atoms. The van der Waals surface area contributed by atoms with E-state index in [1.54, 1.807) is 42.5 Å². The van der Waals surface area contributed by atoms with Gasteiger partial charge in [-0.2, -0.15) is 0 Å². The van der Waals surface area contributed by atoms with Crippen molar-refractivity contribution < 1.29 is 23.6 Å². The minimum atomic E-state index is -1.32. The number of aromatic nitrogens is 1. The fourth-order valence-corrected chi connectivity index (χ4v) is 3.91. The Bertz CT molecular complexity index is 1040. The van der Waals surface area contributed by atoms with Crippen LogP contribution in [0.5, 0.6) is 11.5 Å². The Kier molecular flexibility index (Phi) is 3.37. The quantitative estimate of drug-likeness (QED) is 0.534. The third kappa shape index (κ3) is 2.21. The first-order chi connectivity index (χ1) is 13.2. The van der Waals surface area contributed by atoms with E-state index in [9.17, 15) is 9.59 Å². The van der Waals surface area contributed by atoms with Crippen molar-refractivity contribution in [1.29, 1.82) is 0 Å². The van der Waals surface area contributed by atoms with Crippen LogP contribution < -0.4 is 14.0 Å². The Morgan fingerprint density at radius 1 is 0.815 bits per heavy atom. The Hall–Kier alpha value is -3.47. The summed E-state index contributed by atoms with van der Waals surface area (Å²) in [5.41, 5.74) is 0.235. The van der Waals surface area contributed by atoms with E-state index in [0.717, 1.165) is 0 Å². The molecule has 1 aromatic heterocycles. The lowest BCUT2D eigenvalue weighted by Gasteiger charge is -2.23. The average Bonchev–Trinajstić information content (AvgIpc) is 3.26. The number of nitrogens with zero attached hydrogens (tertiary/aromatic N) is 1. The highest BCUT2D eigenvalue weighted by atomic mass is 16.7. The van der Waals surface area contributed by atoms with Crippen LogP contribution in [0.1, 0.15) is 26.3 Å². The predicted octanol–water partition coefficient (Wildman–Crippen LogP) is 2.72. The molecule has 0 spiro atoms. The molecule has 0 fully saturated rings. The van der Waals surface area contributed by atoms with Gasteiger partial charge < -0.3 is 9.47 Å². The lowest BCUT2D eigenvalue weighted by atomic mass is 9.75. The standard InChI is InChI=1S/C22H16NO4/c24-20-16-6-2-3-7-17(16)21(25)22(20,13-23-10-4-1-5-11-23)15-8-9-18-19(12-15)27-14-26-18/h1-12H,13-14H2/q+1. The highest BCUT2D eigenvalue weighted by molar-refractivity contribution is 6.33. The summed E-state index contributed by atoms with van der Waals surface area (Å²) in [5, 5.41) is 0. The average molecular weight is 358 g/mol. The van der Waals surface area contributed by atoms with E-state index in [-0.39, 0.29) is 24.9 Å². The molecule has 27 heavy (non-hydrogen) atoms. The minimum Gasteiger partial charge on any atom is -0.454 e. The van der Waals surface area contributed by atoms with E-state index in [2.05, 4.69) is 0 Å². The molecule has 0 saturated carbocycles. The summed E-state index contributed by atoms with van der Waals surface area (Å²) in [4.78, 5) is 27.1. The number of hydrogen-bond donors (Lipinski definition) is 0. The largest absolute Gasteiger partial charge is 0.454 e. The number of carbonyl (C=O) groups excluding carboxylic acids is 2. The van der Waals surface area contributed by atoms with Crippen molar-refractivity contribution in [2.45, 2.75) is 12.0 Å². The molecule has 5 nitrogen and oxygen atoms in total. The van der Waals surface area contributed by atoms with Gasteiger partial charge in [-0.25, -0.2) is 4.57 Å². The topological polar surface area (TPSA) is 56.5 Å². The summed E-state index contributed by atoms with van der Waals surface area (Å²) in [6, 6.07) is 18.0. The van der Waals surface area contributed by atoms with Crippen LogP contribution in [0.25, 0.3) is 0 Å². The lowest BCUT2D eigenvalue weighted by molar-refractivity contribution is -0.700. The number of Topliss-reactive ketones (excluding diaryl/α,β-unsaturated/α-hetero) is 2. The maximum atomic E-state index is 13.5. The lowest BCUT2D eigenvalue weighted by Crippen LogP contribution is -2.52. The van der Waals surface area contributed by atoms with E-state index in [1.807, 2.05) is 35.2 Å². The first-order valence-electron chi connectivity index (χ1n) is 8.73. The van der Waals surface area contributed by atoms with Gasteiger partial charge in [-0.1, -0.05) is 36.4 Å². The van der Waals surface area contributed by atoms with Gasteiger partial charge in [0, 0.05) is 23.3 Å². The maximum Gasteiger partial charge on any atom is 0.231 e. The van der Waals surface area contributed by atoms with Crippen LogP contribution >= 0.6 is 0 Å². The zero-order valence-electron chi connectivity index (χ0n) is 14.4. The van der Waals surface area contributed by atoms with E-state index in [1.165, 1.54) is 0 Å². The third-order valence-corrected chi connectivity index (χ3v) is 5.25. The van der Waals surface area contributed by atoms with Crippen LogP contribution in [0.2, 0.25) is 0 Å². The second kappa shape index (κ2) is 5.77. The molecule has 0 N–H and O–H groups in total. The molecule has 0 unspecified atom stereocenters. The molecular weight excluding hydrogens is 342 g/mol. The first-order valence-corrected chi connectivity index (χ1v) is 8.73. The number of ether oxygens (including phenoxy) is 2. The number of hydrogen-bond acceptors (Lipinski definition) is 4. The Morgan fingerprint density at radius 3 is 2.19 bits per heavy atom. The molecule has 3 aromatic rings. The van der Waals surface area contributed by atoms with Crippen LogP contribution in [0.3, 0.4) is 0 Å². The molecule has 0 atom stereocenters. The molecule has 132 valence electrons. The monoisotopic (exact) mass is 358 g/mol. The fraction of sp³-hybridized carbons (Fsp3) is 0.136. The van der Waals surface area contributed by atoms with E-state index < -0.39 is 5.41 Å². The van der Waals surface area contributed by atoms with Gasteiger partial charge >= 0.3 is 0 Å². The van der Waals surface area contributed by atoms with E-state index >= 15 is 0 Å². The van der Waals surface area contributed by atoms with Crippen molar-refractivity contribution in [3.63, 3.8) is 0 Å². The van der Waals surface area contributed by atoms with Crippen LogP contribution in [0.4, 0.5) is 0 Å². The number of fused-ring (bicyclic) bond motifs is 2. The van der Waals surface area contributed by atoms with Gasteiger partial charge in [0.15, 0.2) is 47.4 Å². The zero-order valence-corrected chi connectivity index (χ0v) is 14.4. The first kappa shape index (κ1) is 15.8. The van der Waals surface area contributed by atoms with Gasteiger partial charge in [-0.05, 0) is 17.7 Å². The predicted molar refractivity (Wildman–Crippen MR) is 96.0 cm³/mol. The van der Waals surface area contributed by atoms with Crippen molar-refractivity contribution >= 4 is 11.6 Å². The summed E-state index contributed by atoms with van der Waals surface area (Å²) in [7, 11) is 0. The maximum absolute atomic E-state index is 13.5. The summed E-state index contributed by atoms with van der Waals surface area (Å²) in [5.74, 6) is 0.815. The van der Waals surface area contributed by atoms with Crippen LogP contribution in [-0.4, -0.2) is 18.4 Å². The molecule has 2 aliphatic rings. The van der Waals surface area contributed by atoms with E-state index in [0.29, 0.717) is 28.2 Å². The number of ketones is 2. The summed E-state index contributed by atoms with van der Waals surface area (Å²) < 4.78 is 12.7. The van der Waals surface area contributed by atoms with Crippen LogP contribution in [0, 0.1) is 0 Å². The number of carbonyl (C=O) groups is 2. The Labute approximate surface area is 155 Å². The van der Waals surface area contributed by atoms with Crippen molar-refractivity contribution in [3.05, 3.63) is 89.7 Å². The molecule has 1 aliphatic carbocycles. The van der Waals surface area contributed by atoms with Crippen molar-refractivity contribution in [2.24, 2.45) is 0 Å². The smallest absolute Gasteiger partial charge is 0.231 e. The number of rotatable bonds is 3. The molecule has 0 radical (unpaired) electrons. The normalized spacial score (nSPS) is 16.4. The molecule has 0 saturated heterocycles. The fourth-order valence-electron chi connectivity index (χ4n) is 3.91. The molecule has 5 rings (SSSR count). The highest BCUT2D eigenvalue weighted by Crippen LogP contribution is 2.43. The number of benzene rings is 2. The van der Waals surface area contributed by atoms with Crippen molar-refractivity contribution in [2.75, 3.05) is 6.79 Å². The minimum absolute atomic E-state index is 0.140. The zero-order chi connectivity index (χ0) is 18.4. The van der Waals surface area contributed by atoms with Gasteiger partial charge in [0.25, 0.3) is 0 Å². The second-order valence-electron chi connectivity index (χ2n) is 6.73. The van der Waals surface area contributed by atoms with Gasteiger partial charge in [0.1, 0.15) is 0 Å². The van der Waals surface area contributed by atoms with Crippen LogP contribution in [-0.2, 0) is 12.0 Å². The van der Waals surface area contributed by atoms with Gasteiger partial charge in [-0.15, -0.1) is 0 Å². The second-order valence-corrected chi connectivity index (χ2v) is 6.73. The highest BCUT2D eigenvalue weighted by Gasteiger charge is 2.57. The van der Waals surface area contributed by atoms with E-state index in [4.69, 9.17) is 9.47 Å². The van der Waals surface area contributed by atoms with Crippen molar-refractivity contribution in [3.8, 4) is 11.5 Å². The summed E-state index contributed by atoms with van der Waals surface area (Å²) in [6.45, 7) is 0.362. The molecule has 0 amide bonds. The SMILES string of the molecule is O=C1c2ccccc2C(=O)C1(C[n+]1ccccc1)c1ccc2c(c1)OCO2. The van der Waals surface area contributed by atoms with Gasteiger partial charge in [-0.3, -0.25) is 9.59 Å². The Balaban J connectivity index is 1.72. The molecule has 2 aromatic carbocycles. The Morgan fingerprint density at radius 2 is 1.48 bits per heavy atom. The molecule has 5 heteroatoms. The molecule has 1 aliphatic heterocycles. The summed E-state index contributed by atoms with van der Waals surface area (Å²) >= 11 is 0. The van der Waals surface area contributed by atoms with Gasteiger partial charge in [0.2, 0.25) is 6.79 Å². The van der Waals surface area contributed by atoms with Crippen LogP contribution in [0.15, 0.2) is 73.1 Å². The summed E-state index contributed by atoms with van der Waals surface area (Å²) in [6.07, 6.45) is 3.72. The molecular formula is C22H16NO4+. The molecule has 2 heterocycles.